The summed E-state index contributed by atoms with van der Waals surface area (Å²) in [5.41, 5.74) is 2.21. The summed E-state index contributed by atoms with van der Waals surface area (Å²) < 4.78 is 2.14. The van der Waals surface area contributed by atoms with E-state index in [1.54, 1.807) is 0 Å². The molecule has 1 saturated heterocycles. The average Bonchev–Trinajstić information content (AvgIpc) is 2.88. The second-order valence-electron chi connectivity index (χ2n) is 5.28. The predicted molar refractivity (Wildman–Crippen MR) is 86.9 cm³/mol. The number of benzene rings is 1. The molecule has 1 atom stereocenters. The van der Waals surface area contributed by atoms with E-state index in [1.165, 1.54) is 25.0 Å². The Hall–Kier alpha value is -1.42. The van der Waals surface area contributed by atoms with E-state index in [-0.39, 0.29) is 0 Å². The molecule has 0 spiro atoms. The molecule has 1 N–H and O–H groups in total. The molecule has 1 aromatic carbocycles. The zero-order valence-electron chi connectivity index (χ0n) is 11.9. The number of aryl methyl sites for hydroxylation is 1. The van der Waals surface area contributed by atoms with Crippen molar-refractivity contribution in [2.24, 2.45) is 0 Å². The minimum Gasteiger partial charge on any atom is -0.354 e. The van der Waals surface area contributed by atoms with Gasteiger partial charge in [-0.15, -0.1) is 0 Å². The van der Waals surface area contributed by atoms with Crippen molar-refractivity contribution in [1.29, 1.82) is 0 Å². The van der Waals surface area contributed by atoms with Gasteiger partial charge in [0.25, 0.3) is 0 Å². The number of hydrogen-bond donors (Lipinski definition) is 1. The van der Waals surface area contributed by atoms with Gasteiger partial charge in [0.05, 0.1) is 5.69 Å². The van der Waals surface area contributed by atoms with Crippen LogP contribution in [0.2, 0.25) is 0 Å². The van der Waals surface area contributed by atoms with Gasteiger partial charge in [-0.3, -0.25) is 4.57 Å². The molecule has 0 radical (unpaired) electrons. The summed E-state index contributed by atoms with van der Waals surface area (Å²) in [6.45, 7) is 3.05. The van der Waals surface area contributed by atoms with E-state index < -0.39 is 0 Å². The quantitative estimate of drug-likeness (QED) is 0.925. The van der Waals surface area contributed by atoms with Crippen molar-refractivity contribution in [3.8, 4) is 5.69 Å². The summed E-state index contributed by atoms with van der Waals surface area (Å²) >= 11 is 2.09. The molecule has 1 fully saturated rings. The first-order chi connectivity index (χ1) is 9.83. The first-order valence-corrected chi connectivity index (χ1v) is 8.35. The zero-order chi connectivity index (χ0) is 13.8. The van der Waals surface area contributed by atoms with E-state index in [9.17, 15) is 0 Å². The van der Waals surface area contributed by atoms with Gasteiger partial charge in [0.2, 0.25) is 5.95 Å². The number of imidazole rings is 1. The third kappa shape index (κ3) is 3.18. The Bertz CT molecular complexity index is 544. The van der Waals surface area contributed by atoms with Crippen molar-refractivity contribution in [2.45, 2.75) is 31.4 Å². The molecule has 0 bridgehead atoms. The second kappa shape index (κ2) is 6.35. The molecule has 2 aromatic rings. The highest BCUT2D eigenvalue weighted by Crippen LogP contribution is 2.25. The molecule has 4 heteroatoms. The van der Waals surface area contributed by atoms with Crippen LogP contribution in [0.3, 0.4) is 0 Å². The number of anilines is 1. The van der Waals surface area contributed by atoms with Crippen LogP contribution in [0, 0.1) is 6.92 Å². The van der Waals surface area contributed by atoms with Gasteiger partial charge < -0.3 is 5.32 Å². The van der Waals surface area contributed by atoms with Gasteiger partial charge in [-0.25, -0.2) is 4.98 Å². The van der Waals surface area contributed by atoms with Gasteiger partial charge in [0.15, 0.2) is 0 Å². The minimum absolute atomic E-state index is 0.727. The van der Waals surface area contributed by atoms with E-state index in [2.05, 4.69) is 57.1 Å². The van der Waals surface area contributed by atoms with Crippen LogP contribution in [-0.4, -0.2) is 27.1 Å². The zero-order valence-corrected chi connectivity index (χ0v) is 12.7. The number of rotatable bonds is 4. The van der Waals surface area contributed by atoms with Crippen LogP contribution in [0.25, 0.3) is 5.69 Å². The summed E-state index contributed by atoms with van der Waals surface area (Å²) in [6.07, 6.45) is 6.15. The number of nitrogens with zero attached hydrogens (tertiary/aromatic N) is 2. The van der Waals surface area contributed by atoms with Gasteiger partial charge >= 0.3 is 0 Å². The van der Waals surface area contributed by atoms with Crippen LogP contribution in [0.4, 0.5) is 5.95 Å². The number of aromatic nitrogens is 2. The molecule has 0 amide bonds. The number of nitrogens with one attached hydrogen (secondary N) is 1. The Morgan fingerprint density at radius 2 is 2.15 bits per heavy atom. The lowest BCUT2D eigenvalue weighted by atomic mass is 10.2. The third-order valence-corrected chi connectivity index (χ3v) is 5.02. The summed E-state index contributed by atoms with van der Waals surface area (Å²) in [6, 6.07) is 10.4. The lowest BCUT2D eigenvalue weighted by Gasteiger charge is -2.21. The van der Waals surface area contributed by atoms with Gasteiger partial charge in [-0.1, -0.05) is 24.6 Å². The highest BCUT2D eigenvalue weighted by atomic mass is 32.2. The van der Waals surface area contributed by atoms with E-state index >= 15 is 0 Å². The first kappa shape index (κ1) is 13.6. The van der Waals surface area contributed by atoms with Crippen molar-refractivity contribution < 1.29 is 0 Å². The number of thioether (sulfide) groups is 1. The first-order valence-electron chi connectivity index (χ1n) is 7.30. The Balaban J connectivity index is 1.73. The normalized spacial score (nSPS) is 18.9. The number of para-hydroxylation sites is 1. The maximum Gasteiger partial charge on any atom is 0.207 e. The summed E-state index contributed by atoms with van der Waals surface area (Å²) in [7, 11) is 0. The largest absolute Gasteiger partial charge is 0.354 e. The minimum atomic E-state index is 0.727. The molecule has 20 heavy (non-hydrogen) atoms. The molecule has 1 aliphatic heterocycles. The lowest BCUT2D eigenvalue weighted by Crippen LogP contribution is -2.21. The predicted octanol–water partition coefficient (Wildman–Crippen LogP) is 3.88. The third-order valence-electron chi connectivity index (χ3n) is 3.62. The SMILES string of the molecule is Cc1cn(-c2ccccc2)c(NCC2CCCCS2)n1. The van der Waals surface area contributed by atoms with Crippen LogP contribution in [0.15, 0.2) is 36.5 Å². The Labute approximate surface area is 124 Å². The van der Waals surface area contributed by atoms with Crippen molar-refractivity contribution >= 4 is 17.7 Å². The fourth-order valence-electron chi connectivity index (χ4n) is 2.58. The fourth-order valence-corrected chi connectivity index (χ4v) is 3.82. The maximum absolute atomic E-state index is 4.61. The van der Waals surface area contributed by atoms with Crippen LogP contribution in [0.1, 0.15) is 25.0 Å². The van der Waals surface area contributed by atoms with Gasteiger partial charge in [0, 0.05) is 23.7 Å². The van der Waals surface area contributed by atoms with Gasteiger partial charge in [-0.2, -0.15) is 11.8 Å². The molecule has 1 aliphatic rings. The molecule has 0 aliphatic carbocycles. The van der Waals surface area contributed by atoms with Crippen molar-refractivity contribution in [3.05, 3.63) is 42.2 Å². The fraction of sp³-hybridized carbons (Fsp3) is 0.438. The second-order valence-corrected chi connectivity index (χ2v) is 6.69. The average molecular weight is 287 g/mol. The van der Waals surface area contributed by atoms with Gasteiger partial charge in [0.1, 0.15) is 0 Å². The van der Waals surface area contributed by atoms with Crippen LogP contribution >= 0.6 is 11.8 Å². The smallest absolute Gasteiger partial charge is 0.207 e. The monoisotopic (exact) mass is 287 g/mol. The topological polar surface area (TPSA) is 29.9 Å². The Kier molecular flexibility index (Phi) is 4.31. The van der Waals surface area contributed by atoms with E-state index in [0.717, 1.165) is 29.1 Å². The molecule has 106 valence electrons. The molecular formula is C16H21N3S. The highest BCUT2D eigenvalue weighted by Gasteiger charge is 2.15. The molecule has 3 rings (SSSR count). The molecule has 2 heterocycles. The Morgan fingerprint density at radius 3 is 2.90 bits per heavy atom. The van der Waals surface area contributed by atoms with Crippen LogP contribution in [-0.2, 0) is 0 Å². The molecule has 3 nitrogen and oxygen atoms in total. The van der Waals surface area contributed by atoms with Gasteiger partial charge in [-0.05, 0) is 37.7 Å². The molecular weight excluding hydrogens is 266 g/mol. The van der Waals surface area contributed by atoms with Crippen molar-refractivity contribution in [2.75, 3.05) is 17.6 Å². The standard InChI is InChI=1S/C16H21N3S/c1-13-12-19(14-7-3-2-4-8-14)16(18-13)17-11-15-9-5-6-10-20-15/h2-4,7-8,12,15H,5-6,9-11H2,1H3,(H,17,18). The van der Waals surface area contributed by atoms with E-state index in [0.29, 0.717) is 0 Å². The van der Waals surface area contributed by atoms with E-state index in [4.69, 9.17) is 0 Å². The Morgan fingerprint density at radius 1 is 1.30 bits per heavy atom. The van der Waals surface area contributed by atoms with E-state index in [1.807, 2.05) is 13.0 Å². The van der Waals surface area contributed by atoms with Crippen molar-refractivity contribution in [3.63, 3.8) is 0 Å². The molecule has 1 unspecified atom stereocenters. The maximum atomic E-state index is 4.61. The number of hydrogen-bond acceptors (Lipinski definition) is 3. The summed E-state index contributed by atoms with van der Waals surface area (Å²) in [5.74, 6) is 2.26. The summed E-state index contributed by atoms with van der Waals surface area (Å²) in [4.78, 5) is 4.61. The molecule has 1 aromatic heterocycles. The van der Waals surface area contributed by atoms with Crippen LogP contribution < -0.4 is 5.32 Å². The highest BCUT2D eigenvalue weighted by molar-refractivity contribution is 7.99. The van der Waals surface area contributed by atoms with Crippen molar-refractivity contribution in [1.82, 2.24) is 9.55 Å². The molecule has 0 saturated carbocycles. The lowest BCUT2D eigenvalue weighted by molar-refractivity contribution is 0.675. The summed E-state index contributed by atoms with van der Waals surface area (Å²) in [5, 5.41) is 4.26. The van der Waals surface area contributed by atoms with Crippen LogP contribution in [0.5, 0.6) is 0 Å².